The molecule has 2 fully saturated rings. The molecule has 0 aromatic heterocycles. The van der Waals surface area contributed by atoms with Gasteiger partial charge in [0.25, 0.3) is 0 Å². The van der Waals surface area contributed by atoms with Crippen LogP contribution in [0.15, 0.2) is 0 Å². The van der Waals surface area contributed by atoms with Crippen LogP contribution >= 0.6 is 0 Å². The zero-order chi connectivity index (χ0) is 13.5. The van der Waals surface area contributed by atoms with Gasteiger partial charge in [0.1, 0.15) is 0 Å². The van der Waals surface area contributed by atoms with E-state index in [1.165, 1.54) is 45.2 Å². The maximum absolute atomic E-state index is 5.38. The summed E-state index contributed by atoms with van der Waals surface area (Å²) in [6, 6.07) is 0.783. The molecule has 1 aliphatic heterocycles. The average molecular weight is 268 g/mol. The number of nitrogens with zero attached hydrogens (tertiary/aromatic N) is 1. The lowest BCUT2D eigenvalue weighted by Gasteiger charge is -2.32. The van der Waals surface area contributed by atoms with Crippen LogP contribution in [0.25, 0.3) is 0 Å². The Labute approximate surface area is 119 Å². The molecule has 1 aliphatic carbocycles. The summed E-state index contributed by atoms with van der Waals surface area (Å²) >= 11 is 0. The van der Waals surface area contributed by atoms with Crippen molar-refractivity contribution in [2.24, 2.45) is 11.8 Å². The lowest BCUT2D eigenvalue weighted by atomic mass is 9.79. The Bertz CT molecular complexity index is 239. The first kappa shape index (κ1) is 15.3. The predicted molar refractivity (Wildman–Crippen MR) is 80.5 cm³/mol. The molecule has 2 atom stereocenters. The minimum Gasteiger partial charge on any atom is -0.379 e. The van der Waals surface area contributed by atoms with Crippen LogP contribution in [-0.2, 0) is 4.74 Å². The third-order valence-corrected chi connectivity index (χ3v) is 4.85. The van der Waals surface area contributed by atoms with Crippen LogP contribution in [0.1, 0.15) is 46.0 Å². The van der Waals surface area contributed by atoms with Gasteiger partial charge >= 0.3 is 0 Å². The largest absolute Gasteiger partial charge is 0.379 e. The molecule has 0 radical (unpaired) electrons. The van der Waals surface area contributed by atoms with E-state index in [1.54, 1.807) is 0 Å². The highest BCUT2D eigenvalue weighted by Gasteiger charge is 2.23. The summed E-state index contributed by atoms with van der Waals surface area (Å²) in [6.45, 7) is 11.3. The fraction of sp³-hybridized carbons (Fsp3) is 1.00. The Morgan fingerprint density at radius 1 is 1.21 bits per heavy atom. The Balaban J connectivity index is 1.55. The van der Waals surface area contributed by atoms with Crippen molar-refractivity contribution in [2.75, 3.05) is 39.4 Å². The van der Waals surface area contributed by atoms with E-state index < -0.39 is 0 Å². The second-order valence-corrected chi connectivity index (χ2v) is 6.63. The third-order valence-electron chi connectivity index (χ3n) is 4.85. The van der Waals surface area contributed by atoms with Crippen molar-refractivity contribution < 1.29 is 4.74 Å². The normalized spacial score (nSPS) is 29.8. The topological polar surface area (TPSA) is 24.5 Å². The van der Waals surface area contributed by atoms with Crippen LogP contribution in [0.5, 0.6) is 0 Å². The Morgan fingerprint density at radius 3 is 2.74 bits per heavy atom. The molecule has 1 N–H and O–H groups in total. The lowest BCUT2D eigenvalue weighted by Crippen LogP contribution is -2.39. The summed E-state index contributed by atoms with van der Waals surface area (Å²) in [7, 11) is 0. The molecule has 0 amide bonds. The molecular formula is C16H32N2O. The fourth-order valence-electron chi connectivity index (χ4n) is 3.45. The van der Waals surface area contributed by atoms with Gasteiger partial charge in [-0.05, 0) is 44.2 Å². The first-order valence-electron chi connectivity index (χ1n) is 8.29. The molecule has 0 spiro atoms. The van der Waals surface area contributed by atoms with Crippen molar-refractivity contribution in [3.8, 4) is 0 Å². The van der Waals surface area contributed by atoms with Gasteiger partial charge in [0.05, 0.1) is 13.2 Å². The van der Waals surface area contributed by atoms with Crippen LogP contribution in [0.4, 0.5) is 0 Å². The van der Waals surface area contributed by atoms with Gasteiger partial charge in [-0.2, -0.15) is 0 Å². The smallest absolute Gasteiger partial charge is 0.0594 e. The molecule has 19 heavy (non-hydrogen) atoms. The molecule has 2 unspecified atom stereocenters. The minimum atomic E-state index is 0.783. The maximum Gasteiger partial charge on any atom is 0.0594 e. The summed E-state index contributed by atoms with van der Waals surface area (Å²) in [5.41, 5.74) is 0. The Kier molecular flexibility index (Phi) is 6.62. The summed E-state index contributed by atoms with van der Waals surface area (Å²) in [5, 5.41) is 3.79. The van der Waals surface area contributed by atoms with Gasteiger partial charge in [0.2, 0.25) is 0 Å². The minimum absolute atomic E-state index is 0.783. The van der Waals surface area contributed by atoms with Crippen LogP contribution in [0.2, 0.25) is 0 Å². The summed E-state index contributed by atoms with van der Waals surface area (Å²) in [4.78, 5) is 2.53. The molecule has 0 aromatic rings. The SMILES string of the molecule is CC(C)C1CCCC(NCCCN2CCOCC2)C1. The lowest BCUT2D eigenvalue weighted by molar-refractivity contribution is 0.0373. The number of ether oxygens (including phenoxy) is 1. The Morgan fingerprint density at radius 2 is 2.00 bits per heavy atom. The van der Waals surface area contributed by atoms with E-state index in [9.17, 15) is 0 Å². The van der Waals surface area contributed by atoms with Crippen LogP contribution < -0.4 is 5.32 Å². The summed E-state index contributed by atoms with van der Waals surface area (Å²) in [5.74, 6) is 1.81. The van der Waals surface area contributed by atoms with Crippen LogP contribution in [-0.4, -0.2) is 50.3 Å². The first-order valence-corrected chi connectivity index (χ1v) is 8.29. The van der Waals surface area contributed by atoms with Gasteiger partial charge in [0.15, 0.2) is 0 Å². The highest BCUT2D eigenvalue weighted by atomic mass is 16.5. The fourth-order valence-corrected chi connectivity index (χ4v) is 3.45. The van der Waals surface area contributed by atoms with Crippen molar-refractivity contribution in [1.29, 1.82) is 0 Å². The molecule has 0 bridgehead atoms. The van der Waals surface area contributed by atoms with E-state index in [1.807, 2.05) is 0 Å². The highest BCUT2D eigenvalue weighted by Crippen LogP contribution is 2.29. The number of morpholine rings is 1. The molecule has 1 saturated carbocycles. The quantitative estimate of drug-likeness (QED) is 0.749. The van der Waals surface area contributed by atoms with Crippen molar-refractivity contribution in [3.05, 3.63) is 0 Å². The van der Waals surface area contributed by atoms with Gasteiger partial charge in [-0.3, -0.25) is 4.90 Å². The van der Waals surface area contributed by atoms with Crippen molar-refractivity contribution in [3.63, 3.8) is 0 Å². The van der Waals surface area contributed by atoms with E-state index in [2.05, 4.69) is 24.1 Å². The maximum atomic E-state index is 5.38. The third kappa shape index (κ3) is 5.41. The standard InChI is InChI=1S/C16H32N2O/c1-14(2)15-5-3-6-16(13-15)17-7-4-8-18-9-11-19-12-10-18/h14-17H,3-13H2,1-2H3. The summed E-state index contributed by atoms with van der Waals surface area (Å²) in [6.07, 6.45) is 6.94. The van der Waals surface area contributed by atoms with E-state index in [-0.39, 0.29) is 0 Å². The van der Waals surface area contributed by atoms with Gasteiger partial charge < -0.3 is 10.1 Å². The van der Waals surface area contributed by atoms with E-state index >= 15 is 0 Å². The van der Waals surface area contributed by atoms with Crippen molar-refractivity contribution in [1.82, 2.24) is 10.2 Å². The number of hydrogen-bond donors (Lipinski definition) is 1. The second-order valence-electron chi connectivity index (χ2n) is 6.63. The molecule has 0 aromatic carbocycles. The van der Waals surface area contributed by atoms with E-state index in [0.29, 0.717) is 0 Å². The van der Waals surface area contributed by atoms with E-state index in [0.717, 1.165) is 44.2 Å². The zero-order valence-electron chi connectivity index (χ0n) is 12.9. The molecular weight excluding hydrogens is 236 g/mol. The monoisotopic (exact) mass is 268 g/mol. The van der Waals surface area contributed by atoms with Gasteiger partial charge in [-0.1, -0.05) is 26.7 Å². The molecule has 112 valence electrons. The van der Waals surface area contributed by atoms with E-state index in [4.69, 9.17) is 4.74 Å². The number of rotatable bonds is 6. The zero-order valence-corrected chi connectivity index (χ0v) is 12.9. The average Bonchev–Trinajstić information content (AvgIpc) is 2.45. The molecule has 1 heterocycles. The molecule has 3 nitrogen and oxygen atoms in total. The van der Waals surface area contributed by atoms with Crippen molar-refractivity contribution >= 4 is 0 Å². The molecule has 2 aliphatic rings. The summed E-state index contributed by atoms with van der Waals surface area (Å²) < 4.78 is 5.38. The first-order chi connectivity index (χ1) is 9.25. The molecule has 3 heteroatoms. The van der Waals surface area contributed by atoms with Crippen LogP contribution in [0, 0.1) is 11.8 Å². The Hall–Kier alpha value is -0.120. The van der Waals surface area contributed by atoms with Crippen LogP contribution in [0.3, 0.4) is 0 Å². The predicted octanol–water partition coefficient (Wildman–Crippen LogP) is 2.51. The second kappa shape index (κ2) is 8.23. The number of hydrogen-bond acceptors (Lipinski definition) is 3. The molecule has 1 saturated heterocycles. The van der Waals surface area contributed by atoms with Gasteiger partial charge in [-0.25, -0.2) is 0 Å². The van der Waals surface area contributed by atoms with Crippen molar-refractivity contribution in [2.45, 2.75) is 52.0 Å². The van der Waals surface area contributed by atoms with Gasteiger partial charge in [0, 0.05) is 19.1 Å². The highest BCUT2D eigenvalue weighted by molar-refractivity contribution is 4.79. The molecule has 2 rings (SSSR count). The van der Waals surface area contributed by atoms with Gasteiger partial charge in [-0.15, -0.1) is 0 Å². The number of nitrogens with one attached hydrogen (secondary N) is 1.